The Kier molecular flexibility index (Phi) is 6.42. The van der Waals surface area contributed by atoms with Crippen LogP contribution in [0.15, 0.2) is 77.2 Å². The van der Waals surface area contributed by atoms with E-state index in [2.05, 4.69) is 10.3 Å². The summed E-state index contributed by atoms with van der Waals surface area (Å²) in [6.45, 7) is 2.15. The van der Waals surface area contributed by atoms with Gasteiger partial charge < -0.3 is 19.2 Å². The van der Waals surface area contributed by atoms with Crippen LogP contribution in [0.2, 0.25) is 5.02 Å². The van der Waals surface area contributed by atoms with E-state index in [4.69, 9.17) is 25.5 Å². The molecule has 6 nitrogen and oxygen atoms in total. The van der Waals surface area contributed by atoms with E-state index in [0.29, 0.717) is 40.3 Å². The van der Waals surface area contributed by atoms with Gasteiger partial charge in [-0.05, 0) is 61.5 Å². The number of methoxy groups -OCH3 is 1. The van der Waals surface area contributed by atoms with E-state index in [0.717, 1.165) is 17.0 Å². The second kappa shape index (κ2) is 9.58. The van der Waals surface area contributed by atoms with Crippen LogP contribution in [0.25, 0.3) is 11.5 Å². The topological polar surface area (TPSA) is 73.6 Å². The number of rotatable bonds is 7. The minimum atomic E-state index is -0.280. The predicted molar refractivity (Wildman–Crippen MR) is 123 cm³/mol. The molecule has 0 bridgehead atoms. The van der Waals surface area contributed by atoms with Crippen molar-refractivity contribution in [3.63, 3.8) is 0 Å². The lowest BCUT2D eigenvalue weighted by Crippen LogP contribution is -2.12. The van der Waals surface area contributed by atoms with Gasteiger partial charge in [0.2, 0.25) is 5.89 Å². The van der Waals surface area contributed by atoms with Crippen molar-refractivity contribution in [2.24, 2.45) is 0 Å². The molecule has 0 spiro atoms. The van der Waals surface area contributed by atoms with Gasteiger partial charge in [0.15, 0.2) is 0 Å². The Balaban J connectivity index is 1.46. The molecule has 0 saturated carbocycles. The molecule has 0 aliphatic heterocycles. The molecule has 0 atom stereocenters. The first-order chi connectivity index (χ1) is 15.5. The Hall–Kier alpha value is -3.77. The molecule has 0 aliphatic carbocycles. The number of benzene rings is 3. The lowest BCUT2D eigenvalue weighted by atomic mass is 10.1. The molecular formula is C25H21ClN2O4. The molecule has 4 aromatic rings. The third-order valence-corrected chi connectivity index (χ3v) is 5.05. The van der Waals surface area contributed by atoms with Gasteiger partial charge in [-0.25, -0.2) is 4.98 Å². The smallest absolute Gasteiger partial charge is 0.255 e. The number of ether oxygens (including phenoxy) is 2. The van der Waals surface area contributed by atoms with Gasteiger partial charge in [-0.1, -0.05) is 29.8 Å². The van der Waals surface area contributed by atoms with Crippen molar-refractivity contribution < 1.29 is 18.7 Å². The first-order valence-electron chi connectivity index (χ1n) is 9.93. The van der Waals surface area contributed by atoms with Gasteiger partial charge in [-0.2, -0.15) is 0 Å². The fraction of sp³-hybridized carbons (Fsp3) is 0.120. The summed E-state index contributed by atoms with van der Waals surface area (Å²) >= 11 is 6.03. The van der Waals surface area contributed by atoms with E-state index < -0.39 is 0 Å². The van der Waals surface area contributed by atoms with Gasteiger partial charge in [-0.3, -0.25) is 4.79 Å². The maximum Gasteiger partial charge on any atom is 0.255 e. The predicted octanol–water partition coefficient (Wildman–Crippen LogP) is 6.14. The van der Waals surface area contributed by atoms with Crippen LogP contribution in [0.4, 0.5) is 5.69 Å². The Labute approximate surface area is 190 Å². The zero-order chi connectivity index (χ0) is 22.5. The maximum absolute atomic E-state index is 12.7. The monoisotopic (exact) mass is 448 g/mol. The highest BCUT2D eigenvalue weighted by Crippen LogP contribution is 2.28. The van der Waals surface area contributed by atoms with E-state index >= 15 is 0 Å². The number of amides is 1. The van der Waals surface area contributed by atoms with Crippen LogP contribution in [0.1, 0.15) is 21.8 Å². The molecule has 0 fully saturated rings. The zero-order valence-corrected chi connectivity index (χ0v) is 18.3. The highest BCUT2D eigenvalue weighted by molar-refractivity contribution is 6.31. The fourth-order valence-electron chi connectivity index (χ4n) is 3.09. The highest BCUT2D eigenvalue weighted by atomic mass is 35.5. The summed E-state index contributed by atoms with van der Waals surface area (Å²) < 4.78 is 16.8. The summed E-state index contributed by atoms with van der Waals surface area (Å²) in [7, 11) is 1.53. The molecule has 1 aromatic heterocycles. The molecular weight excluding hydrogens is 428 g/mol. The highest BCUT2D eigenvalue weighted by Gasteiger charge is 2.14. The Morgan fingerprint density at radius 3 is 2.53 bits per heavy atom. The van der Waals surface area contributed by atoms with Crippen molar-refractivity contribution in [2.45, 2.75) is 13.5 Å². The quantitative estimate of drug-likeness (QED) is 0.367. The van der Waals surface area contributed by atoms with Crippen LogP contribution >= 0.6 is 11.6 Å². The number of halogens is 1. The summed E-state index contributed by atoms with van der Waals surface area (Å²) in [6.07, 6.45) is 0. The normalized spacial score (nSPS) is 10.6. The lowest BCUT2D eigenvalue weighted by Gasteiger charge is -2.10. The molecule has 0 saturated heterocycles. The first kappa shape index (κ1) is 21.5. The molecule has 32 heavy (non-hydrogen) atoms. The van der Waals surface area contributed by atoms with Crippen molar-refractivity contribution >= 4 is 23.2 Å². The third-order valence-electron chi connectivity index (χ3n) is 4.82. The van der Waals surface area contributed by atoms with Gasteiger partial charge in [-0.15, -0.1) is 0 Å². The number of anilines is 1. The summed E-state index contributed by atoms with van der Waals surface area (Å²) in [5, 5.41) is 3.32. The molecule has 0 unspecified atom stereocenters. The zero-order valence-electron chi connectivity index (χ0n) is 17.6. The molecule has 4 rings (SSSR count). The number of aromatic nitrogens is 1. The van der Waals surface area contributed by atoms with Gasteiger partial charge in [0.05, 0.1) is 12.8 Å². The molecule has 3 aromatic carbocycles. The largest absolute Gasteiger partial charge is 0.495 e. The summed E-state index contributed by atoms with van der Waals surface area (Å²) in [5.74, 6) is 2.17. The van der Waals surface area contributed by atoms with E-state index in [1.54, 1.807) is 42.5 Å². The van der Waals surface area contributed by atoms with Gasteiger partial charge >= 0.3 is 0 Å². The summed E-state index contributed by atoms with van der Waals surface area (Å²) in [4.78, 5) is 17.2. The Morgan fingerprint density at radius 1 is 1.06 bits per heavy atom. The number of nitrogens with one attached hydrogen (secondary N) is 1. The van der Waals surface area contributed by atoms with Crippen molar-refractivity contribution in [1.29, 1.82) is 0 Å². The van der Waals surface area contributed by atoms with Crippen LogP contribution in [0, 0.1) is 6.92 Å². The first-order valence-corrected chi connectivity index (χ1v) is 10.3. The summed E-state index contributed by atoms with van der Waals surface area (Å²) in [6, 6.07) is 21.6. The van der Waals surface area contributed by atoms with Gasteiger partial charge in [0.1, 0.15) is 29.6 Å². The molecule has 7 heteroatoms. The second-order valence-electron chi connectivity index (χ2n) is 7.00. The number of hydrogen-bond donors (Lipinski definition) is 1. The maximum atomic E-state index is 12.7. The molecule has 1 N–H and O–H groups in total. The number of carbonyl (C=O) groups is 1. The third kappa shape index (κ3) is 4.92. The lowest BCUT2D eigenvalue weighted by molar-refractivity contribution is 0.102. The van der Waals surface area contributed by atoms with Crippen LogP contribution < -0.4 is 14.8 Å². The molecule has 0 radical (unpaired) electrons. The van der Waals surface area contributed by atoms with Crippen molar-refractivity contribution in [1.82, 2.24) is 4.98 Å². The van der Waals surface area contributed by atoms with E-state index in [1.807, 2.05) is 37.3 Å². The fourth-order valence-corrected chi connectivity index (χ4v) is 3.26. The number of para-hydroxylation sites is 1. The van der Waals surface area contributed by atoms with Gasteiger partial charge in [0, 0.05) is 16.1 Å². The Morgan fingerprint density at radius 2 is 1.81 bits per heavy atom. The molecule has 1 amide bonds. The average Bonchev–Trinajstić information content (AvgIpc) is 3.19. The van der Waals surface area contributed by atoms with Crippen molar-refractivity contribution in [3.8, 4) is 23.0 Å². The van der Waals surface area contributed by atoms with Crippen LogP contribution in [-0.4, -0.2) is 18.0 Å². The SMILES string of the molecule is COc1ccc(Cl)cc1NC(=O)c1ccc(-c2nc(COc3ccccc3)c(C)o2)cc1. The van der Waals surface area contributed by atoms with Crippen molar-refractivity contribution in [3.05, 3.63) is 94.8 Å². The molecule has 162 valence electrons. The van der Waals surface area contributed by atoms with E-state index in [1.165, 1.54) is 7.11 Å². The number of nitrogens with zero attached hydrogens (tertiary/aromatic N) is 1. The molecule has 0 aliphatic rings. The van der Waals surface area contributed by atoms with E-state index in [-0.39, 0.29) is 5.91 Å². The summed E-state index contributed by atoms with van der Waals surface area (Å²) in [5.41, 5.74) is 2.46. The van der Waals surface area contributed by atoms with E-state index in [9.17, 15) is 4.79 Å². The standard InChI is InChI=1S/C25H21ClN2O4/c1-16-22(15-31-20-6-4-3-5-7-20)28-25(32-16)18-10-8-17(9-11-18)24(29)27-21-14-19(26)12-13-23(21)30-2/h3-14H,15H2,1-2H3,(H,27,29). The minimum absolute atomic E-state index is 0.280. The van der Waals surface area contributed by atoms with Crippen LogP contribution in [0.5, 0.6) is 11.5 Å². The number of carbonyl (C=O) groups excluding carboxylic acids is 1. The van der Waals surface area contributed by atoms with Crippen LogP contribution in [-0.2, 0) is 6.61 Å². The van der Waals surface area contributed by atoms with Gasteiger partial charge in [0.25, 0.3) is 5.91 Å². The number of aryl methyl sites for hydroxylation is 1. The Bertz CT molecular complexity index is 1220. The average molecular weight is 449 g/mol. The minimum Gasteiger partial charge on any atom is -0.495 e. The van der Waals surface area contributed by atoms with Crippen molar-refractivity contribution in [2.75, 3.05) is 12.4 Å². The second-order valence-corrected chi connectivity index (χ2v) is 7.44. The number of hydrogen-bond acceptors (Lipinski definition) is 5. The number of oxazole rings is 1. The molecule has 1 heterocycles. The van der Waals surface area contributed by atoms with Crippen LogP contribution in [0.3, 0.4) is 0 Å².